The quantitative estimate of drug-likeness (QED) is 0.749. The number of nitrogens with zero attached hydrogens (tertiary/aromatic N) is 1. The van der Waals surface area contributed by atoms with Gasteiger partial charge in [0.05, 0.1) is 6.61 Å². The van der Waals surface area contributed by atoms with Gasteiger partial charge in [-0.2, -0.15) is 0 Å². The molecule has 1 atom stereocenters. The highest BCUT2D eigenvalue weighted by Gasteiger charge is 2.26. The lowest BCUT2D eigenvalue weighted by Gasteiger charge is -2.32. The molecule has 1 aliphatic heterocycles. The number of amides is 2. The number of halogens is 1. The summed E-state index contributed by atoms with van der Waals surface area (Å²) in [6.45, 7) is 3.86. The number of carbonyl (C=O) groups excluding carboxylic acids is 2. The lowest BCUT2D eigenvalue weighted by atomic mass is 10.2. The number of benzene rings is 1. The fraction of sp³-hybridized carbons (Fsp3) is 0.500. The van der Waals surface area contributed by atoms with Crippen molar-refractivity contribution in [3.8, 4) is 5.75 Å². The van der Waals surface area contributed by atoms with Crippen molar-refractivity contribution < 1.29 is 18.7 Å². The fourth-order valence-electron chi connectivity index (χ4n) is 2.36. The van der Waals surface area contributed by atoms with Crippen LogP contribution in [0, 0.1) is 5.82 Å². The molecule has 126 valence electrons. The predicted molar refractivity (Wildman–Crippen MR) is 83.6 cm³/mol. The van der Waals surface area contributed by atoms with Crippen molar-refractivity contribution in [3.05, 3.63) is 30.1 Å². The molecule has 2 amide bonds. The van der Waals surface area contributed by atoms with Crippen LogP contribution in [0.1, 0.15) is 13.3 Å². The van der Waals surface area contributed by atoms with E-state index < -0.39 is 5.82 Å². The Labute approximate surface area is 135 Å². The van der Waals surface area contributed by atoms with E-state index in [1.165, 1.54) is 13.0 Å². The molecule has 2 rings (SSSR count). The van der Waals surface area contributed by atoms with Gasteiger partial charge in [0.25, 0.3) is 0 Å². The number of ether oxygens (including phenoxy) is 1. The van der Waals surface area contributed by atoms with Crippen LogP contribution in [-0.4, -0.2) is 55.5 Å². The summed E-state index contributed by atoms with van der Waals surface area (Å²) in [5.74, 6) is -0.346. The number of carbonyl (C=O) groups is 2. The third-order valence-electron chi connectivity index (χ3n) is 3.65. The highest BCUT2D eigenvalue weighted by Crippen LogP contribution is 2.15. The van der Waals surface area contributed by atoms with Gasteiger partial charge in [0.1, 0.15) is 6.04 Å². The van der Waals surface area contributed by atoms with Crippen molar-refractivity contribution in [1.82, 2.24) is 15.5 Å². The minimum atomic E-state index is -0.396. The second-order valence-corrected chi connectivity index (χ2v) is 5.40. The van der Waals surface area contributed by atoms with E-state index in [1.54, 1.807) is 23.1 Å². The van der Waals surface area contributed by atoms with Crippen LogP contribution in [0.3, 0.4) is 0 Å². The second kappa shape index (κ2) is 8.47. The molecule has 0 saturated carbocycles. The first kappa shape index (κ1) is 17.2. The van der Waals surface area contributed by atoms with Gasteiger partial charge in [0, 0.05) is 33.1 Å². The van der Waals surface area contributed by atoms with Crippen molar-refractivity contribution in [2.45, 2.75) is 19.4 Å². The monoisotopic (exact) mass is 323 g/mol. The molecule has 1 aromatic carbocycles. The summed E-state index contributed by atoms with van der Waals surface area (Å²) < 4.78 is 18.7. The van der Waals surface area contributed by atoms with E-state index in [0.29, 0.717) is 39.2 Å². The number of rotatable bonds is 6. The molecule has 0 aliphatic carbocycles. The predicted octanol–water partition coefficient (Wildman–Crippen LogP) is 0.531. The zero-order valence-corrected chi connectivity index (χ0v) is 13.2. The van der Waals surface area contributed by atoms with E-state index in [1.807, 2.05) is 0 Å². The molecule has 0 aromatic heterocycles. The summed E-state index contributed by atoms with van der Waals surface area (Å²) in [6, 6.07) is 5.82. The van der Waals surface area contributed by atoms with Gasteiger partial charge in [-0.1, -0.05) is 12.1 Å². The molecule has 1 saturated heterocycles. The lowest BCUT2D eigenvalue weighted by molar-refractivity contribution is -0.132. The average Bonchev–Trinajstić information content (AvgIpc) is 2.56. The number of hydrogen-bond donors (Lipinski definition) is 2. The van der Waals surface area contributed by atoms with Crippen molar-refractivity contribution in [2.24, 2.45) is 0 Å². The van der Waals surface area contributed by atoms with Gasteiger partial charge in [-0.3, -0.25) is 9.59 Å². The van der Waals surface area contributed by atoms with E-state index in [9.17, 15) is 14.0 Å². The highest BCUT2D eigenvalue weighted by molar-refractivity contribution is 5.83. The number of para-hydroxylation sites is 1. The van der Waals surface area contributed by atoms with Gasteiger partial charge in [0.2, 0.25) is 11.8 Å². The van der Waals surface area contributed by atoms with Gasteiger partial charge in [-0.15, -0.1) is 0 Å². The normalized spacial score (nSPS) is 17.7. The van der Waals surface area contributed by atoms with Crippen LogP contribution in [0.4, 0.5) is 4.39 Å². The molecule has 1 heterocycles. The van der Waals surface area contributed by atoms with E-state index in [4.69, 9.17) is 4.74 Å². The molecule has 23 heavy (non-hydrogen) atoms. The Kier molecular flexibility index (Phi) is 6.34. The molecule has 2 N–H and O–H groups in total. The van der Waals surface area contributed by atoms with E-state index in [0.717, 1.165) is 0 Å². The van der Waals surface area contributed by atoms with Crippen molar-refractivity contribution in [1.29, 1.82) is 0 Å². The number of nitrogens with one attached hydrogen (secondary N) is 2. The summed E-state index contributed by atoms with van der Waals surface area (Å²) in [4.78, 5) is 25.0. The third kappa shape index (κ3) is 5.21. The Balaban J connectivity index is 1.65. The first-order valence-electron chi connectivity index (χ1n) is 7.72. The summed E-state index contributed by atoms with van der Waals surface area (Å²) in [5.41, 5.74) is 0. The van der Waals surface area contributed by atoms with Gasteiger partial charge in [0.15, 0.2) is 11.6 Å². The molecular formula is C16H22FN3O3. The van der Waals surface area contributed by atoms with Crippen LogP contribution in [0.2, 0.25) is 0 Å². The van der Waals surface area contributed by atoms with Crippen LogP contribution in [-0.2, 0) is 9.59 Å². The fourth-order valence-corrected chi connectivity index (χ4v) is 2.36. The lowest BCUT2D eigenvalue weighted by Crippen LogP contribution is -2.58. The highest BCUT2D eigenvalue weighted by atomic mass is 19.1. The first-order valence-corrected chi connectivity index (χ1v) is 7.72. The van der Waals surface area contributed by atoms with Crippen LogP contribution < -0.4 is 15.4 Å². The van der Waals surface area contributed by atoms with E-state index >= 15 is 0 Å². The Hall–Kier alpha value is -2.15. The van der Waals surface area contributed by atoms with Crippen molar-refractivity contribution in [3.63, 3.8) is 0 Å². The van der Waals surface area contributed by atoms with Gasteiger partial charge in [-0.05, 0) is 18.6 Å². The van der Waals surface area contributed by atoms with Gasteiger partial charge >= 0.3 is 0 Å². The Morgan fingerprint density at radius 3 is 2.96 bits per heavy atom. The minimum Gasteiger partial charge on any atom is -0.490 e. The van der Waals surface area contributed by atoms with Gasteiger partial charge < -0.3 is 20.3 Å². The first-order chi connectivity index (χ1) is 11.1. The number of piperazine rings is 1. The largest absolute Gasteiger partial charge is 0.490 e. The van der Waals surface area contributed by atoms with E-state index in [-0.39, 0.29) is 23.6 Å². The van der Waals surface area contributed by atoms with Crippen LogP contribution >= 0.6 is 0 Å². The SMILES string of the molecule is CC(=O)N1CCNC(C(=O)NCCCOc2ccccc2F)C1. The standard InChI is InChI=1S/C16H22FN3O3/c1-12(21)20-9-8-18-14(11-20)16(22)19-7-4-10-23-15-6-3-2-5-13(15)17/h2-3,5-6,14,18H,4,7-11H2,1H3,(H,19,22). The molecule has 0 spiro atoms. The molecule has 1 fully saturated rings. The number of hydrogen-bond acceptors (Lipinski definition) is 4. The minimum absolute atomic E-state index is 0.0254. The molecule has 1 aromatic rings. The van der Waals surface area contributed by atoms with Crippen molar-refractivity contribution in [2.75, 3.05) is 32.8 Å². The maximum absolute atomic E-state index is 13.3. The molecule has 0 bridgehead atoms. The molecule has 1 aliphatic rings. The maximum atomic E-state index is 13.3. The maximum Gasteiger partial charge on any atom is 0.238 e. The van der Waals surface area contributed by atoms with Gasteiger partial charge in [-0.25, -0.2) is 4.39 Å². The molecule has 7 heteroatoms. The zero-order valence-electron chi connectivity index (χ0n) is 13.2. The van der Waals surface area contributed by atoms with Crippen LogP contribution in [0.5, 0.6) is 5.75 Å². The summed E-state index contributed by atoms with van der Waals surface area (Å²) in [7, 11) is 0. The Morgan fingerprint density at radius 2 is 2.22 bits per heavy atom. The second-order valence-electron chi connectivity index (χ2n) is 5.40. The molecule has 1 unspecified atom stereocenters. The van der Waals surface area contributed by atoms with Crippen molar-refractivity contribution >= 4 is 11.8 Å². The van der Waals surface area contributed by atoms with Crippen LogP contribution in [0.15, 0.2) is 24.3 Å². The topological polar surface area (TPSA) is 70.7 Å². The average molecular weight is 323 g/mol. The molecule has 6 nitrogen and oxygen atoms in total. The van der Waals surface area contributed by atoms with Crippen LogP contribution in [0.25, 0.3) is 0 Å². The molecule has 0 radical (unpaired) electrons. The Bertz CT molecular complexity index is 553. The van der Waals surface area contributed by atoms with E-state index in [2.05, 4.69) is 10.6 Å². The Morgan fingerprint density at radius 1 is 1.43 bits per heavy atom. The summed E-state index contributed by atoms with van der Waals surface area (Å²) in [5, 5.41) is 5.89. The zero-order chi connectivity index (χ0) is 16.7. The third-order valence-corrected chi connectivity index (χ3v) is 3.65. The molecular weight excluding hydrogens is 301 g/mol. The summed E-state index contributed by atoms with van der Waals surface area (Å²) in [6.07, 6.45) is 0.573. The smallest absolute Gasteiger partial charge is 0.238 e. The summed E-state index contributed by atoms with van der Waals surface area (Å²) >= 11 is 0.